The first-order valence-corrected chi connectivity index (χ1v) is 32.5. The predicted molar refractivity (Wildman–Crippen MR) is 335 cm³/mol. The number of nitrogens with two attached hydrogens (primary N) is 6. The summed E-state index contributed by atoms with van der Waals surface area (Å²) in [5.41, 5.74) is 36.6. The van der Waals surface area contributed by atoms with Gasteiger partial charge in [-0.25, -0.2) is 4.57 Å². The van der Waals surface area contributed by atoms with E-state index in [2.05, 4.69) is 10.6 Å². The Kier molecular flexibility index (Phi) is 21.8. The topological polar surface area (TPSA) is 465 Å². The van der Waals surface area contributed by atoms with E-state index in [9.17, 15) is 53.2 Å². The molecule has 0 saturated carbocycles. The van der Waals surface area contributed by atoms with Crippen molar-refractivity contribution in [2.45, 2.75) is 207 Å². The molecule has 4 unspecified atom stereocenters. The number of anilines is 2. The van der Waals surface area contributed by atoms with E-state index in [0.29, 0.717) is 28.2 Å². The number of nitrogens with one attached hydrogen (secondary N) is 2. The second kappa shape index (κ2) is 27.3. The molecule has 27 nitrogen and oxygen atoms in total. The fourth-order valence-electron chi connectivity index (χ4n) is 16.3. The van der Waals surface area contributed by atoms with Crippen molar-refractivity contribution >= 4 is 60.5 Å². The van der Waals surface area contributed by atoms with Gasteiger partial charge in [-0.1, -0.05) is 53.6 Å². The Balaban J connectivity index is 0.0000118. The molecule has 0 aromatic heterocycles. The SMILES string of the molecule is C/C1=C2/[N-][C@H]([C@H](CC(N)=O)[C@@]2(C)CCC(=O)NC[C@@H](C)OP(=O)(O)O[C@H]2[C@@H](O)[C@@H](N3CNc4cc(C)c(C)cc43)O[C@@H]2CO)[C@]2(C)[N-]C(/C(C)=C3\[N-]C(/C=C4\[N-]C1[C@@H](CCC(N)=O)C4(C)C)[C@@H](CCC(N)=O)[C@]3(C)CC(N)=O)[C@@H](CCC(N)=O)[C@]2(C)CC(N)=O.[Co]. The first-order chi connectivity index (χ1) is 41.8. The Hall–Kier alpha value is -5.81. The van der Waals surface area contributed by atoms with Crippen LogP contribution in [0.25, 0.3) is 21.3 Å². The molecule has 1 radical (unpaired) electrons. The minimum atomic E-state index is -5.05. The molecule has 5 saturated heterocycles. The molecule has 5 fully saturated rings. The number of nitrogens with zero attached hydrogens (tertiary/aromatic N) is 5. The predicted octanol–water partition coefficient (Wildman–Crippen LogP) is 4.52. The van der Waals surface area contributed by atoms with E-state index in [4.69, 9.17) is 69.5 Å². The van der Waals surface area contributed by atoms with Crippen molar-refractivity contribution in [1.29, 1.82) is 0 Å². The molecule has 17 N–H and O–H groups in total. The summed E-state index contributed by atoms with van der Waals surface area (Å²) in [6.45, 7) is 19.8. The van der Waals surface area contributed by atoms with E-state index in [-0.39, 0.29) is 101 Å². The summed E-state index contributed by atoms with van der Waals surface area (Å²) in [6.07, 6.45) is -5.17. The summed E-state index contributed by atoms with van der Waals surface area (Å²) in [5, 5.41) is 50.3. The number of aliphatic hydroxyl groups excluding tert-OH is 2. The number of carbonyl (C=O) groups excluding carboxylic acids is 7. The van der Waals surface area contributed by atoms with Crippen LogP contribution < -0.4 is 49.9 Å². The van der Waals surface area contributed by atoms with Crippen molar-refractivity contribution in [3.63, 3.8) is 0 Å². The van der Waals surface area contributed by atoms with Gasteiger partial charge < -0.3 is 91.0 Å². The van der Waals surface area contributed by atoms with Crippen LogP contribution in [0.1, 0.15) is 144 Å². The van der Waals surface area contributed by atoms with Gasteiger partial charge in [-0.15, -0.1) is 34.8 Å². The van der Waals surface area contributed by atoms with E-state index in [1.165, 1.54) is 6.92 Å². The number of aryl methyl sites for hydroxylation is 2. The van der Waals surface area contributed by atoms with Crippen molar-refractivity contribution in [1.82, 2.24) is 5.32 Å². The van der Waals surface area contributed by atoms with E-state index in [0.717, 1.165) is 22.5 Å². The quantitative estimate of drug-likeness (QED) is 0.0568. The summed E-state index contributed by atoms with van der Waals surface area (Å²) < 4.78 is 30.8. The molecule has 1 aromatic rings. The Morgan fingerprint density at radius 1 is 0.758 bits per heavy atom. The first kappa shape index (κ1) is 72.6. The number of phosphoric ester groups is 1. The number of fused-ring (bicyclic) bond motifs is 10. The summed E-state index contributed by atoms with van der Waals surface area (Å²) in [7, 11) is -5.05. The van der Waals surface area contributed by atoms with E-state index < -0.39 is 161 Å². The van der Waals surface area contributed by atoms with E-state index >= 15 is 0 Å². The van der Waals surface area contributed by atoms with Crippen LogP contribution in [-0.4, -0.2) is 137 Å². The van der Waals surface area contributed by atoms with Gasteiger partial charge in [0.05, 0.1) is 30.8 Å². The third-order valence-corrected chi connectivity index (χ3v) is 22.5. The molecule has 7 aliphatic heterocycles. The van der Waals surface area contributed by atoms with Gasteiger partial charge in [-0.3, -0.25) is 42.6 Å². The number of carbonyl (C=O) groups is 7. The monoisotopic (exact) mass is 1330 g/mol. The molecule has 509 valence electrons. The van der Waals surface area contributed by atoms with Crippen LogP contribution in [0.3, 0.4) is 0 Å². The number of aliphatic hydroxyl groups is 2. The van der Waals surface area contributed by atoms with Crippen LogP contribution in [0.15, 0.2) is 46.4 Å². The van der Waals surface area contributed by atoms with E-state index in [1.807, 2.05) is 87.4 Å². The number of hydrogen-bond acceptors (Lipinski definition) is 15. The molecule has 0 aliphatic carbocycles. The normalized spacial score (nSPS) is 36.8. The molecular formula is C62H94CoN13O14P-4. The molecule has 7 amide bonds. The number of phosphoric acid groups is 1. The average Bonchev–Trinajstić information content (AvgIpc) is 1.53. The van der Waals surface area contributed by atoms with Crippen molar-refractivity contribution in [3.8, 4) is 0 Å². The van der Waals surface area contributed by atoms with Gasteiger partial charge in [-0.05, 0) is 129 Å². The van der Waals surface area contributed by atoms with Crippen LogP contribution in [0, 0.1) is 59.2 Å². The average molecular weight is 1340 g/mol. The zero-order chi connectivity index (χ0) is 66.7. The standard InChI is InChI=1S/C62H94N13O14P.Co/c1-29-20-39-40(21-30(29)2)75(28-70-39)57-52(84)53(41(27-76)87-57)89-90(85,86)88-31(3)26-69-49(83)18-19-59(8)37(22-46(66)80)56-62(11)61(10,25-48(68)82)36(14-17-45(65)79)51(74-62)33(5)55-60(9,24-47(67)81)34(12-15-43(63)77)38(71-55)23-42-58(6,7)35(13-16-44(64)78)50(72-42)32(4)54(59)73-56;/h20-21,23,31,34-38,41,50-53,56-57,70,76,84H,12-19,22,24-28H2,1-11H3,(H2,63,77)(H2,64,78)(H2,65,79)(H2,66,80)(H2,67,81)(H2,68,82)(H,69,83)(H,85,86);/q-4;/b42-23-,54-32-,55-33-;/t31-,34-,35-,36-,37+,38?,41-,50?,51?,52-,53-,56-,57+,59-,60+,61+,62+;/m1./s1. The molecular weight excluding hydrogens is 1240 g/mol. The largest absolute Gasteiger partial charge is 0.685 e. The van der Waals surface area contributed by atoms with Gasteiger partial charge in [0, 0.05) is 68.3 Å². The molecule has 29 heteroatoms. The maximum absolute atomic E-state index is 14.4. The number of benzene rings is 1. The molecule has 7 heterocycles. The van der Waals surface area contributed by atoms with Gasteiger partial charge in [0.15, 0.2) is 6.23 Å². The van der Waals surface area contributed by atoms with Crippen LogP contribution in [0.5, 0.6) is 0 Å². The molecule has 18 atom stereocenters. The zero-order valence-corrected chi connectivity index (χ0v) is 55.9. The summed E-state index contributed by atoms with van der Waals surface area (Å²) in [6, 6.07) is 0.577. The van der Waals surface area contributed by atoms with Crippen molar-refractivity contribution in [3.05, 3.63) is 78.8 Å². The molecule has 1 aromatic carbocycles. The number of amides is 7. The maximum atomic E-state index is 14.4. The number of primary amides is 6. The Bertz CT molecular complexity index is 3190. The van der Waals surface area contributed by atoms with Gasteiger partial charge >= 0.3 is 7.82 Å². The molecule has 7 aliphatic rings. The molecule has 91 heavy (non-hydrogen) atoms. The van der Waals surface area contributed by atoms with Gasteiger partial charge in [0.1, 0.15) is 18.3 Å². The van der Waals surface area contributed by atoms with Crippen LogP contribution >= 0.6 is 7.82 Å². The van der Waals surface area contributed by atoms with Gasteiger partial charge in [0.2, 0.25) is 41.4 Å². The number of allylic oxidation sites excluding steroid dienone is 3. The number of rotatable bonds is 26. The second-order valence-corrected chi connectivity index (χ2v) is 29.1. The van der Waals surface area contributed by atoms with Crippen LogP contribution in [-0.2, 0) is 68.7 Å². The smallest absolute Gasteiger partial charge is 0.472 e. The minimum absolute atomic E-state index is 0. The fraction of sp³-hybridized carbons (Fsp3) is 0.694. The van der Waals surface area contributed by atoms with Gasteiger partial charge in [0.25, 0.3) is 0 Å². The number of ether oxygens (including phenoxy) is 1. The Labute approximate surface area is 543 Å². The summed E-state index contributed by atoms with van der Waals surface area (Å²) >= 11 is 0. The summed E-state index contributed by atoms with van der Waals surface area (Å²) in [5.74, 6) is -6.84. The van der Waals surface area contributed by atoms with Crippen molar-refractivity contribution < 1.29 is 83.8 Å². The van der Waals surface area contributed by atoms with Crippen molar-refractivity contribution in [2.24, 2.45) is 79.7 Å². The summed E-state index contributed by atoms with van der Waals surface area (Å²) in [4.78, 5) is 106. The zero-order valence-electron chi connectivity index (χ0n) is 54.0. The van der Waals surface area contributed by atoms with Crippen LogP contribution in [0.4, 0.5) is 11.4 Å². The van der Waals surface area contributed by atoms with Crippen molar-refractivity contribution in [2.75, 3.05) is 30.0 Å². The second-order valence-electron chi connectivity index (χ2n) is 27.7. The molecule has 0 spiro atoms. The van der Waals surface area contributed by atoms with E-state index in [1.54, 1.807) is 4.90 Å². The third kappa shape index (κ3) is 14.0. The molecule has 8 rings (SSSR count). The third-order valence-electron chi connectivity index (χ3n) is 21.4. The molecule has 8 bridgehead atoms. The van der Waals surface area contributed by atoms with Gasteiger partial charge in [-0.2, -0.15) is 17.1 Å². The fourth-order valence-corrected chi connectivity index (χ4v) is 17.5. The Morgan fingerprint density at radius 3 is 1.91 bits per heavy atom. The Morgan fingerprint density at radius 2 is 1.33 bits per heavy atom. The first-order valence-electron chi connectivity index (χ1n) is 31.1. The van der Waals surface area contributed by atoms with Crippen LogP contribution in [0.2, 0.25) is 0 Å². The maximum Gasteiger partial charge on any atom is 0.472 e. The number of hydrogen-bond donors (Lipinski definition) is 11. The minimum Gasteiger partial charge on any atom is -0.685 e.